The minimum Gasteiger partial charge on any atom is -0.310 e. The molecule has 0 unspecified atom stereocenters. The number of hydrogen-bond donors (Lipinski definition) is 2. The van der Waals surface area contributed by atoms with Gasteiger partial charge < -0.3 is 15.2 Å². The summed E-state index contributed by atoms with van der Waals surface area (Å²) in [5.41, 5.74) is 1.04. The standard InChI is InChI=1S/C17H26N4OS/c1-12-13(2)23-17-15(12)16(22)19-14(20-17)11-18-7-3-4-8-21-9-5-6-10-21/h18H,3-11H2,1-2H3,(H,19,20,22). The molecule has 126 valence electrons. The SMILES string of the molecule is Cc1sc2nc(CNCCCCN3CCCC3)[nH]c(=O)c2c1C. The van der Waals surface area contributed by atoms with Crippen LogP contribution >= 0.6 is 11.3 Å². The van der Waals surface area contributed by atoms with Gasteiger partial charge in [0.05, 0.1) is 11.9 Å². The van der Waals surface area contributed by atoms with Crippen molar-refractivity contribution in [1.29, 1.82) is 0 Å². The van der Waals surface area contributed by atoms with Gasteiger partial charge in [0, 0.05) is 4.88 Å². The molecule has 3 rings (SSSR count). The lowest BCUT2D eigenvalue weighted by molar-refractivity contribution is 0.329. The van der Waals surface area contributed by atoms with E-state index in [2.05, 4.69) is 20.2 Å². The Labute approximate surface area is 141 Å². The van der Waals surface area contributed by atoms with Crippen LogP contribution in [0.2, 0.25) is 0 Å². The zero-order valence-electron chi connectivity index (χ0n) is 14.1. The van der Waals surface area contributed by atoms with E-state index in [4.69, 9.17) is 0 Å². The Morgan fingerprint density at radius 2 is 2.04 bits per heavy atom. The van der Waals surface area contributed by atoms with E-state index >= 15 is 0 Å². The predicted octanol–water partition coefficient (Wildman–Crippen LogP) is 2.57. The summed E-state index contributed by atoms with van der Waals surface area (Å²) >= 11 is 1.60. The fraction of sp³-hybridized carbons (Fsp3) is 0.647. The Morgan fingerprint density at radius 1 is 1.26 bits per heavy atom. The summed E-state index contributed by atoms with van der Waals surface area (Å²) in [7, 11) is 0. The molecule has 0 radical (unpaired) electrons. The average Bonchev–Trinajstić information content (AvgIpc) is 3.12. The van der Waals surface area contributed by atoms with Gasteiger partial charge in [-0.2, -0.15) is 0 Å². The van der Waals surface area contributed by atoms with Crippen LogP contribution in [-0.2, 0) is 6.54 Å². The molecule has 3 heterocycles. The number of thiophene rings is 1. The molecule has 1 aliphatic rings. The Bertz CT molecular complexity index is 715. The second-order valence-electron chi connectivity index (χ2n) is 6.41. The molecule has 0 atom stereocenters. The zero-order chi connectivity index (χ0) is 16.2. The summed E-state index contributed by atoms with van der Waals surface area (Å²) in [5, 5.41) is 4.15. The summed E-state index contributed by atoms with van der Waals surface area (Å²) in [5.74, 6) is 0.739. The van der Waals surface area contributed by atoms with Gasteiger partial charge in [-0.1, -0.05) is 0 Å². The van der Waals surface area contributed by atoms with Crippen molar-refractivity contribution < 1.29 is 0 Å². The molecule has 1 aliphatic heterocycles. The van der Waals surface area contributed by atoms with Gasteiger partial charge in [0.25, 0.3) is 5.56 Å². The van der Waals surface area contributed by atoms with E-state index in [0.29, 0.717) is 6.54 Å². The molecule has 5 nitrogen and oxygen atoms in total. The smallest absolute Gasteiger partial charge is 0.259 e. The van der Waals surface area contributed by atoms with Gasteiger partial charge in [0.1, 0.15) is 10.7 Å². The first-order chi connectivity index (χ1) is 11.1. The summed E-state index contributed by atoms with van der Waals surface area (Å²) in [6.45, 7) is 9.40. The normalized spacial score (nSPS) is 15.7. The maximum absolute atomic E-state index is 12.2. The summed E-state index contributed by atoms with van der Waals surface area (Å²) < 4.78 is 0. The molecule has 0 aliphatic carbocycles. The van der Waals surface area contributed by atoms with Gasteiger partial charge in [-0.05, 0) is 71.3 Å². The average molecular weight is 334 g/mol. The lowest BCUT2D eigenvalue weighted by Crippen LogP contribution is -2.23. The van der Waals surface area contributed by atoms with Crippen molar-refractivity contribution in [2.45, 2.75) is 46.1 Å². The van der Waals surface area contributed by atoms with E-state index in [1.165, 1.54) is 50.2 Å². The quantitative estimate of drug-likeness (QED) is 0.764. The van der Waals surface area contributed by atoms with Gasteiger partial charge in [-0.25, -0.2) is 4.98 Å². The predicted molar refractivity (Wildman–Crippen MR) is 96.3 cm³/mol. The van der Waals surface area contributed by atoms with Gasteiger partial charge >= 0.3 is 0 Å². The Morgan fingerprint density at radius 3 is 2.83 bits per heavy atom. The van der Waals surface area contributed by atoms with E-state index in [0.717, 1.165) is 28.1 Å². The van der Waals surface area contributed by atoms with E-state index in [-0.39, 0.29) is 5.56 Å². The van der Waals surface area contributed by atoms with Crippen LogP contribution in [0.4, 0.5) is 0 Å². The van der Waals surface area contributed by atoms with E-state index in [1.807, 2.05) is 13.8 Å². The van der Waals surface area contributed by atoms with Crippen molar-refractivity contribution in [2.24, 2.45) is 0 Å². The number of H-pyrrole nitrogens is 1. The van der Waals surface area contributed by atoms with E-state index in [1.54, 1.807) is 11.3 Å². The minimum atomic E-state index is -0.0114. The van der Waals surface area contributed by atoms with Crippen molar-refractivity contribution in [3.05, 3.63) is 26.6 Å². The molecule has 0 spiro atoms. The number of fused-ring (bicyclic) bond motifs is 1. The van der Waals surface area contributed by atoms with Crippen LogP contribution < -0.4 is 10.9 Å². The highest BCUT2D eigenvalue weighted by Gasteiger charge is 2.12. The number of unbranched alkanes of at least 4 members (excludes halogenated alkanes) is 1. The molecular weight excluding hydrogens is 308 g/mol. The first-order valence-corrected chi connectivity index (χ1v) is 9.39. The lowest BCUT2D eigenvalue weighted by atomic mass is 10.2. The summed E-state index contributed by atoms with van der Waals surface area (Å²) in [6.07, 6.45) is 5.13. The van der Waals surface area contributed by atoms with Crippen LogP contribution in [0.5, 0.6) is 0 Å². The summed E-state index contributed by atoms with van der Waals surface area (Å²) in [4.78, 5) is 24.3. The van der Waals surface area contributed by atoms with Crippen LogP contribution in [0.3, 0.4) is 0 Å². The maximum atomic E-state index is 12.2. The van der Waals surface area contributed by atoms with Crippen molar-refractivity contribution in [1.82, 2.24) is 20.2 Å². The zero-order valence-corrected chi connectivity index (χ0v) is 14.9. The van der Waals surface area contributed by atoms with Gasteiger partial charge in [-0.15, -0.1) is 11.3 Å². The Balaban J connectivity index is 1.46. The number of aromatic amines is 1. The largest absolute Gasteiger partial charge is 0.310 e. The van der Waals surface area contributed by atoms with Crippen molar-refractivity contribution in [2.75, 3.05) is 26.2 Å². The topological polar surface area (TPSA) is 61.0 Å². The van der Waals surface area contributed by atoms with Gasteiger partial charge in [0.15, 0.2) is 0 Å². The molecule has 2 N–H and O–H groups in total. The minimum absolute atomic E-state index is 0.0114. The van der Waals surface area contributed by atoms with Crippen LogP contribution in [0, 0.1) is 13.8 Å². The molecule has 0 aromatic carbocycles. The number of rotatable bonds is 7. The van der Waals surface area contributed by atoms with Crippen molar-refractivity contribution >= 4 is 21.6 Å². The number of aromatic nitrogens is 2. The fourth-order valence-electron chi connectivity index (χ4n) is 3.18. The Kier molecular flexibility index (Phi) is 5.46. The molecule has 2 aromatic heterocycles. The van der Waals surface area contributed by atoms with E-state index in [9.17, 15) is 4.79 Å². The highest BCUT2D eigenvalue weighted by atomic mass is 32.1. The summed E-state index contributed by atoms with van der Waals surface area (Å²) in [6, 6.07) is 0. The third-order valence-corrected chi connectivity index (χ3v) is 5.76. The molecule has 1 saturated heterocycles. The van der Waals surface area contributed by atoms with Crippen LogP contribution in [0.15, 0.2) is 4.79 Å². The van der Waals surface area contributed by atoms with Crippen molar-refractivity contribution in [3.8, 4) is 0 Å². The number of nitrogens with one attached hydrogen (secondary N) is 2. The van der Waals surface area contributed by atoms with Crippen molar-refractivity contribution in [3.63, 3.8) is 0 Å². The highest BCUT2D eigenvalue weighted by Crippen LogP contribution is 2.25. The highest BCUT2D eigenvalue weighted by molar-refractivity contribution is 7.18. The molecular formula is C17H26N4OS. The van der Waals surface area contributed by atoms with E-state index < -0.39 is 0 Å². The first kappa shape index (κ1) is 16.6. The monoisotopic (exact) mass is 334 g/mol. The third kappa shape index (κ3) is 4.00. The first-order valence-electron chi connectivity index (χ1n) is 8.57. The molecule has 1 fully saturated rings. The third-order valence-electron chi connectivity index (χ3n) is 4.66. The molecule has 23 heavy (non-hydrogen) atoms. The van der Waals surface area contributed by atoms with Gasteiger partial charge in [0.2, 0.25) is 0 Å². The molecule has 0 amide bonds. The fourth-order valence-corrected chi connectivity index (χ4v) is 4.23. The lowest BCUT2D eigenvalue weighted by Gasteiger charge is -2.13. The van der Waals surface area contributed by atoms with Crippen LogP contribution in [-0.4, -0.2) is 41.0 Å². The van der Waals surface area contributed by atoms with Gasteiger partial charge in [-0.3, -0.25) is 4.79 Å². The number of aryl methyl sites for hydroxylation is 2. The number of hydrogen-bond acceptors (Lipinski definition) is 5. The second-order valence-corrected chi connectivity index (χ2v) is 7.61. The molecule has 2 aromatic rings. The molecule has 6 heteroatoms. The number of likely N-dealkylation sites (tertiary alicyclic amines) is 1. The maximum Gasteiger partial charge on any atom is 0.259 e. The van der Waals surface area contributed by atoms with Crippen LogP contribution in [0.25, 0.3) is 10.2 Å². The second kappa shape index (κ2) is 7.55. The van der Waals surface area contributed by atoms with Crippen LogP contribution in [0.1, 0.15) is 41.9 Å². The Hall–Kier alpha value is -1.24. The number of nitrogens with zero attached hydrogens (tertiary/aromatic N) is 2. The molecule has 0 saturated carbocycles. The molecule has 0 bridgehead atoms.